The number of carbonyl (C=O) groups excluding carboxylic acids is 3. The van der Waals surface area contributed by atoms with Gasteiger partial charge in [0.05, 0.1) is 11.3 Å². The highest BCUT2D eigenvalue weighted by Gasteiger charge is 2.53. The minimum Gasteiger partial charge on any atom is -0.381 e. The highest BCUT2D eigenvalue weighted by atomic mass is 16.5. The van der Waals surface area contributed by atoms with Crippen molar-refractivity contribution in [2.75, 3.05) is 24.7 Å². The van der Waals surface area contributed by atoms with Gasteiger partial charge in [0, 0.05) is 42.8 Å². The van der Waals surface area contributed by atoms with Crippen molar-refractivity contribution in [2.24, 2.45) is 0 Å². The van der Waals surface area contributed by atoms with Crippen LogP contribution >= 0.6 is 0 Å². The van der Waals surface area contributed by atoms with Gasteiger partial charge < -0.3 is 15.0 Å². The molecule has 0 spiro atoms. The Bertz CT molecular complexity index is 1580. The van der Waals surface area contributed by atoms with E-state index in [1.807, 2.05) is 48.5 Å². The zero-order valence-corrected chi connectivity index (χ0v) is 23.1. The number of fused-ring (bicyclic) bond motifs is 4. The number of benzene rings is 3. The molecule has 0 unspecified atom stereocenters. The molecule has 210 valence electrons. The van der Waals surface area contributed by atoms with Crippen LogP contribution in [0.15, 0.2) is 78.9 Å². The average molecular weight is 551 g/mol. The van der Waals surface area contributed by atoms with Gasteiger partial charge in [-0.05, 0) is 42.2 Å². The summed E-state index contributed by atoms with van der Waals surface area (Å²) in [6, 6.07) is 23.1. The van der Waals surface area contributed by atoms with Crippen molar-refractivity contribution in [3.8, 4) is 0 Å². The first-order valence-corrected chi connectivity index (χ1v) is 14.4. The van der Waals surface area contributed by atoms with Gasteiger partial charge >= 0.3 is 6.03 Å². The maximum Gasteiger partial charge on any atom is 0.332 e. The predicted molar refractivity (Wildman–Crippen MR) is 158 cm³/mol. The van der Waals surface area contributed by atoms with Gasteiger partial charge in [-0.3, -0.25) is 14.5 Å². The van der Waals surface area contributed by atoms with Crippen LogP contribution < -0.4 is 10.2 Å². The largest absolute Gasteiger partial charge is 0.381 e. The van der Waals surface area contributed by atoms with E-state index in [0.29, 0.717) is 43.9 Å². The minimum atomic E-state index is -0.684. The molecule has 0 radical (unpaired) electrons. The van der Waals surface area contributed by atoms with Crippen molar-refractivity contribution in [1.82, 2.24) is 15.2 Å². The summed E-state index contributed by atoms with van der Waals surface area (Å²) in [5.41, 5.74) is 4.46. The van der Waals surface area contributed by atoms with E-state index in [1.54, 1.807) is 29.2 Å². The predicted octanol–water partition coefficient (Wildman–Crippen LogP) is 5.59. The third-order valence-electron chi connectivity index (χ3n) is 7.95. The van der Waals surface area contributed by atoms with E-state index in [4.69, 9.17) is 4.74 Å². The summed E-state index contributed by atoms with van der Waals surface area (Å²) >= 11 is 0. The fourth-order valence-electron chi connectivity index (χ4n) is 5.96. The molecule has 1 aromatic heterocycles. The Labute approximate surface area is 239 Å². The SMILES string of the molecule is CCCCOCCCNC(=O)c1ccccc1N1C(=O)[C@@H]2Cc3c([nH]c4ccccc34)[C@H](c3ccccc3)N2C1=O. The van der Waals surface area contributed by atoms with Crippen LogP contribution in [0.5, 0.6) is 0 Å². The Kier molecular flexibility index (Phi) is 7.57. The topological polar surface area (TPSA) is 94.7 Å². The molecule has 1 saturated heterocycles. The first-order valence-electron chi connectivity index (χ1n) is 14.4. The Hall–Kier alpha value is -4.43. The summed E-state index contributed by atoms with van der Waals surface area (Å²) in [7, 11) is 0. The monoisotopic (exact) mass is 550 g/mol. The molecule has 8 nitrogen and oxygen atoms in total. The quantitative estimate of drug-likeness (QED) is 0.199. The zero-order chi connectivity index (χ0) is 28.3. The number of amides is 4. The number of aromatic nitrogens is 1. The second-order valence-corrected chi connectivity index (χ2v) is 10.6. The standard InChI is InChI=1S/C33H34N4O4/c1-2-3-19-41-20-11-18-34-31(38)24-15-8-10-17-27(24)37-32(39)28-21-25-23-14-7-9-16-26(23)35-29(25)30(36(28)33(37)40)22-12-5-4-6-13-22/h4-10,12-17,28,30,35H,2-3,11,18-21H2,1H3,(H,34,38)/t28-,30-/m0/s1. The maximum atomic E-state index is 14.2. The molecule has 3 aromatic carbocycles. The van der Waals surface area contributed by atoms with Gasteiger partial charge in [0.2, 0.25) is 0 Å². The van der Waals surface area contributed by atoms with Crippen LogP contribution in [-0.4, -0.2) is 53.5 Å². The van der Waals surface area contributed by atoms with Crippen LogP contribution in [-0.2, 0) is 16.0 Å². The van der Waals surface area contributed by atoms with Gasteiger partial charge in [-0.2, -0.15) is 0 Å². The smallest absolute Gasteiger partial charge is 0.332 e. The van der Waals surface area contributed by atoms with E-state index < -0.39 is 18.1 Å². The molecule has 4 amide bonds. The van der Waals surface area contributed by atoms with Gasteiger partial charge in [0.15, 0.2) is 0 Å². The number of nitrogens with one attached hydrogen (secondary N) is 2. The number of hydrogen-bond acceptors (Lipinski definition) is 4. The molecular weight excluding hydrogens is 516 g/mol. The highest BCUT2D eigenvalue weighted by molar-refractivity contribution is 6.24. The van der Waals surface area contributed by atoms with Gasteiger partial charge in [-0.15, -0.1) is 0 Å². The lowest BCUT2D eigenvalue weighted by molar-refractivity contribution is -0.120. The van der Waals surface area contributed by atoms with Crippen LogP contribution in [0.1, 0.15) is 59.4 Å². The summed E-state index contributed by atoms with van der Waals surface area (Å²) in [5.74, 6) is -0.646. The Morgan fingerprint density at radius 3 is 2.51 bits per heavy atom. The van der Waals surface area contributed by atoms with Crippen molar-refractivity contribution < 1.29 is 19.1 Å². The lowest BCUT2D eigenvalue weighted by Crippen LogP contribution is -2.44. The average Bonchev–Trinajstić information content (AvgIpc) is 3.50. The van der Waals surface area contributed by atoms with E-state index in [1.165, 1.54) is 4.90 Å². The molecule has 4 aromatic rings. The first kappa shape index (κ1) is 26.8. The van der Waals surface area contributed by atoms with E-state index in [0.717, 1.165) is 40.6 Å². The second-order valence-electron chi connectivity index (χ2n) is 10.6. The van der Waals surface area contributed by atoms with Gasteiger partial charge in [0.1, 0.15) is 12.1 Å². The number of aromatic amines is 1. The third kappa shape index (κ3) is 4.89. The zero-order valence-electron chi connectivity index (χ0n) is 23.1. The number of rotatable bonds is 10. The van der Waals surface area contributed by atoms with Gasteiger partial charge in [-0.25, -0.2) is 9.69 Å². The lowest BCUT2D eigenvalue weighted by Gasteiger charge is -2.36. The molecule has 0 bridgehead atoms. The summed E-state index contributed by atoms with van der Waals surface area (Å²) in [6.07, 6.45) is 3.17. The Morgan fingerprint density at radius 1 is 0.951 bits per heavy atom. The minimum absolute atomic E-state index is 0.293. The molecule has 8 heteroatoms. The number of anilines is 1. The number of nitrogens with zero attached hydrogens (tertiary/aromatic N) is 2. The number of hydrogen-bond donors (Lipinski definition) is 2. The summed E-state index contributed by atoms with van der Waals surface area (Å²) in [5, 5.41) is 3.98. The van der Waals surface area contributed by atoms with Crippen molar-refractivity contribution in [2.45, 2.75) is 44.7 Å². The molecular formula is C33H34N4O4. The highest BCUT2D eigenvalue weighted by Crippen LogP contribution is 2.45. The van der Waals surface area contributed by atoms with Crippen LogP contribution in [0.2, 0.25) is 0 Å². The van der Waals surface area contributed by atoms with Crippen LogP contribution in [0.25, 0.3) is 10.9 Å². The molecule has 1 fully saturated rings. The molecule has 0 saturated carbocycles. The van der Waals surface area contributed by atoms with Crippen LogP contribution in [0, 0.1) is 0 Å². The van der Waals surface area contributed by atoms with E-state index in [9.17, 15) is 14.4 Å². The van der Waals surface area contributed by atoms with Crippen LogP contribution in [0.4, 0.5) is 10.5 Å². The molecule has 3 heterocycles. The number of H-pyrrole nitrogens is 1. The van der Waals surface area contributed by atoms with Crippen LogP contribution in [0.3, 0.4) is 0 Å². The second kappa shape index (κ2) is 11.6. The molecule has 2 aliphatic heterocycles. The molecule has 2 aliphatic rings. The number of para-hydroxylation sites is 2. The van der Waals surface area contributed by atoms with E-state index in [2.05, 4.69) is 23.3 Å². The Morgan fingerprint density at radius 2 is 1.68 bits per heavy atom. The summed E-state index contributed by atoms with van der Waals surface area (Å²) < 4.78 is 5.59. The normalized spacial score (nSPS) is 18.1. The maximum absolute atomic E-state index is 14.2. The summed E-state index contributed by atoms with van der Waals surface area (Å²) in [6.45, 7) is 3.84. The Balaban J connectivity index is 1.30. The fraction of sp³-hybridized carbons (Fsp3) is 0.303. The third-order valence-corrected chi connectivity index (χ3v) is 7.95. The van der Waals surface area contributed by atoms with Crippen molar-refractivity contribution in [3.63, 3.8) is 0 Å². The number of unbranched alkanes of at least 4 members (excludes halogenated alkanes) is 1. The molecule has 41 heavy (non-hydrogen) atoms. The van der Waals surface area contributed by atoms with Crippen molar-refractivity contribution >= 4 is 34.4 Å². The first-order chi connectivity index (χ1) is 20.1. The van der Waals surface area contributed by atoms with E-state index >= 15 is 0 Å². The number of imide groups is 1. The number of ether oxygens (including phenoxy) is 1. The molecule has 2 atom stereocenters. The molecule has 0 aliphatic carbocycles. The fourth-order valence-corrected chi connectivity index (χ4v) is 5.96. The number of urea groups is 1. The number of carbonyl (C=O) groups is 3. The van der Waals surface area contributed by atoms with Gasteiger partial charge in [0.25, 0.3) is 11.8 Å². The lowest BCUT2D eigenvalue weighted by atomic mass is 9.89. The molecule has 2 N–H and O–H groups in total. The van der Waals surface area contributed by atoms with E-state index in [-0.39, 0.29) is 11.8 Å². The molecule has 6 rings (SSSR count). The van der Waals surface area contributed by atoms with Crippen molar-refractivity contribution in [1.29, 1.82) is 0 Å². The van der Waals surface area contributed by atoms with Crippen molar-refractivity contribution in [3.05, 3.63) is 101 Å². The van der Waals surface area contributed by atoms with Gasteiger partial charge in [-0.1, -0.05) is 74.0 Å². The summed E-state index contributed by atoms with van der Waals surface area (Å²) in [4.78, 5) is 47.9.